The third-order valence-electron chi connectivity index (χ3n) is 1.21. The van der Waals surface area contributed by atoms with E-state index in [4.69, 9.17) is 10.3 Å². The van der Waals surface area contributed by atoms with E-state index in [2.05, 4.69) is 0 Å². The zero-order valence-electron chi connectivity index (χ0n) is 6.15. The minimum atomic E-state index is -3.98. The van der Waals surface area contributed by atoms with Crippen molar-refractivity contribution in [2.75, 3.05) is 5.75 Å². The molecule has 0 aromatic carbocycles. The van der Waals surface area contributed by atoms with Crippen LogP contribution in [0, 0.1) is 0 Å². The minimum absolute atomic E-state index is 0. The molecule has 0 bridgehead atoms. The predicted octanol–water partition coefficient (Wildman–Crippen LogP) is -1.74. The van der Waals surface area contributed by atoms with Crippen LogP contribution in [-0.4, -0.2) is 68.3 Å². The summed E-state index contributed by atoms with van der Waals surface area (Å²) in [5.41, 5.74) is 5.20. The molecule has 1 atom stereocenters. The molecule has 0 fully saturated rings. The van der Waals surface area contributed by atoms with Crippen LogP contribution in [0.15, 0.2) is 0 Å². The van der Waals surface area contributed by atoms with E-state index in [1.54, 1.807) is 0 Å². The molecule has 0 aromatic rings. The molecule has 1 unspecified atom stereocenters. The summed E-state index contributed by atoms with van der Waals surface area (Å²) < 4.78 is 28.5. The third kappa shape index (κ3) is 8.89. The van der Waals surface area contributed by atoms with Crippen molar-refractivity contribution in [1.29, 1.82) is 0 Å². The van der Waals surface area contributed by atoms with E-state index in [0.717, 1.165) is 0 Å². The van der Waals surface area contributed by atoms with E-state index in [0.29, 0.717) is 0 Å². The van der Waals surface area contributed by atoms with E-state index in [1.165, 1.54) is 6.92 Å². The van der Waals surface area contributed by atoms with Gasteiger partial charge in [-0.1, -0.05) is 0 Å². The Kier molecular flexibility index (Phi) is 8.00. The van der Waals surface area contributed by atoms with Crippen LogP contribution in [0.5, 0.6) is 0 Å². The van der Waals surface area contributed by atoms with Gasteiger partial charge in [0.1, 0.15) is 5.78 Å². The molecule has 5 nitrogen and oxygen atoms in total. The first-order valence-corrected chi connectivity index (χ1v) is 4.65. The van der Waals surface area contributed by atoms with Gasteiger partial charge in [0.25, 0.3) is 10.1 Å². The number of hydrogen-bond donors (Lipinski definition) is 2. The molecule has 0 rings (SSSR count). The number of Topliss-reactive ketones (excluding diaryl/α,β-unsaturated/α-hetero) is 1. The Morgan fingerprint density at radius 3 is 2.25 bits per heavy atom. The van der Waals surface area contributed by atoms with Crippen LogP contribution in [-0.2, 0) is 14.9 Å². The summed E-state index contributed by atoms with van der Waals surface area (Å²) in [7, 11) is -3.98. The monoisotopic (exact) mass is 223 g/mol. The van der Waals surface area contributed by atoms with Gasteiger partial charge in [0.2, 0.25) is 0 Å². The second-order valence-electron chi connectivity index (χ2n) is 2.29. The van der Waals surface area contributed by atoms with Crippen molar-refractivity contribution in [3.8, 4) is 0 Å². The number of rotatable bonds is 4. The first-order chi connectivity index (χ1) is 4.83. The molecule has 0 saturated heterocycles. The summed E-state index contributed by atoms with van der Waals surface area (Å²) in [4.78, 5) is 10.5. The normalized spacial score (nSPS) is 13.2. The van der Waals surface area contributed by atoms with Crippen molar-refractivity contribution in [2.24, 2.45) is 5.73 Å². The molecule has 0 aromatic heterocycles. The van der Waals surface area contributed by atoms with E-state index in [-0.39, 0.29) is 49.9 Å². The van der Waals surface area contributed by atoms with Gasteiger partial charge in [0.05, 0.1) is 11.8 Å². The molecule has 0 aliphatic heterocycles. The second kappa shape index (κ2) is 6.28. The zero-order chi connectivity index (χ0) is 9.07. The van der Waals surface area contributed by atoms with Crippen molar-refractivity contribution in [3.63, 3.8) is 0 Å². The van der Waals surface area contributed by atoms with E-state index in [1.807, 2.05) is 0 Å². The quantitative estimate of drug-likeness (QED) is 0.436. The molecule has 70 valence electrons. The summed E-state index contributed by atoms with van der Waals surface area (Å²) in [6.45, 7) is 1.27. The molecule has 0 aliphatic rings. The Morgan fingerprint density at radius 1 is 1.58 bits per heavy atom. The number of carbonyl (C=O) groups is 1. The summed E-state index contributed by atoms with van der Waals surface area (Å²) in [6, 6.07) is -0.795. The number of ketones is 1. The number of carbonyl (C=O) groups excluding carboxylic acids is 1. The van der Waals surface area contributed by atoms with Crippen molar-refractivity contribution < 1.29 is 17.8 Å². The van der Waals surface area contributed by atoms with Gasteiger partial charge < -0.3 is 5.73 Å². The maximum absolute atomic E-state index is 10.5. The average molecular weight is 223 g/mol. The molecule has 0 amide bonds. The first kappa shape index (κ1) is 15.3. The summed E-state index contributed by atoms with van der Waals surface area (Å²) in [6.07, 6.45) is -0.0336. The van der Waals surface area contributed by atoms with Crippen molar-refractivity contribution in [3.05, 3.63) is 0 Å². The molecule has 3 N–H and O–H groups in total. The summed E-state index contributed by atoms with van der Waals surface area (Å²) in [5.74, 6) is -0.748. The average Bonchev–Trinajstić information content (AvgIpc) is 1.80. The Morgan fingerprint density at radius 2 is 2.00 bits per heavy atom. The Hall–Kier alpha value is 0.800. The van der Waals surface area contributed by atoms with Crippen molar-refractivity contribution in [2.45, 2.75) is 19.4 Å². The van der Waals surface area contributed by atoms with Gasteiger partial charge in [-0.05, 0) is 13.3 Å². The molecule has 12 heavy (non-hydrogen) atoms. The summed E-state index contributed by atoms with van der Waals surface area (Å²) >= 11 is 0. The van der Waals surface area contributed by atoms with Gasteiger partial charge >= 0.3 is 37.7 Å². The van der Waals surface area contributed by atoms with Gasteiger partial charge in [0.15, 0.2) is 0 Å². The first-order valence-electron chi connectivity index (χ1n) is 3.04. The van der Waals surface area contributed by atoms with E-state index < -0.39 is 21.9 Å². The van der Waals surface area contributed by atoms with Gasteiger partial charge in [-0.15, -0.1) is 0 Å². The third-order valence-corrected chi connectivity index (χ3v) is 1.96. The van der Waals surface area contributed by atoms with Crippen LogP contribution in [0.1, 0.15) is 13.3 Å². The predicted molar refractivity (Wildman–Crippen MR) is 48.2 cm³/mol. The fourth-order valence-electron chi connectivity index (χ4n) is 0.479. The second-order valence-corrected chi connectivity index (χ2v) is 3.86. The summed E-state index contributed by atoms with van der Waals surface area (Å²) in [5, 5.41) is 0. The molecule has 0 spiro atoms. The maximum atomic E-state index is 10.5. The fraction of sp³-hybridized carbons (Fsp3) is 0.800. The van der Waals surface area contributed by atoms with Crippen LogP contribution in [0.2, 0.25) is 0 Å². The fourth-order valence-corrected chi connectivity index (χ4v) is 1.03. The number of hydrogen-bond acceptors (Lipinski definition) is 4. The SMILES string of the molecule is CC(=O)C(N)CCS(=O)(=O)O.[CaH2]. The van der Waals surface area contributed by atoms with Gasteiger partial charge in [0, 0.05) is 0 Å². The molecule has 0 heterocycles. The molecule has 0 saturated carbocycles. The van der Waals surface area contributed by atoms with Crippen LogP contribution in [0.3, 0.4) is 0 Å². The Labute approximate surface area is 101 Å². The topological polar surface area (TPSA) is 97.5 Å². The van der Waals surface area contributed by atoms with Crippen molar-refractivity contribution in [1.82, 2.24) is 0 Å². The molecular weight excluding hydrogens is 210 g/mol. The van der Waals surface area contributed by atoms with Gasteiger partial charge in [-0.25, -0.2) is 0 Å². The molecular formula is C5H13CaNO4S. The van der Waals surface area contributed by atoms with Crippen molar-refractivity contribution >= 4 is 53.6 Å². The Balaban J connectivity index is 0. The van der Waals surface area contributed by atoms with Crippen LogP contribution >= 0.6 is 0 Å². The van der Waals surface area contributed by atoms with Gasteiger partial charge in [-0.2, -0.15) is 8.42 Å². The molecule has 0 radical (unpaired) electrons. The standard InChI is InChI=1S/C5H11NO4S.Ca.2H/c1-4(7)5(6)2-3-11(8,9)10;;;/h5H,2-3,6H2,1H3,(H,8,9,10);;;. The number of nitrogens with two attached hydrogens (primary N) is 1. The molecule has 0 aliphatic carbocycles. The van der Waals surface area contributed by atoms with Crippen LogP contribution in [0.4, 0.5) is 0 Å². The zero-order valence-corrected chi connectivity index (χ0v) is 6.97. The van der Waals surface area contributed by atoms with Crippen LogP contribution in [0.25, 0.3) is 0 Å². The van der Waals surface area contributed by atoms with Crippen LogP contribution < -0.4 is 5.73 Å². The Bertz CT molecular complexity index is 238. The van der Waals surface area contributed by atoms with E-state index >= 15 is 0 Å². The molecule has 7 heteroatoms. The van der Waals surface area contributed by atoms with Gasteiger partial charge in [-0.3, -0.25) is 9.35 Å². The van der Waals surface area contributed by atoms with E-state index in [9.17, 15) is 13.2 Å².